The number of carbonyl (C=O) groups excluding carboxylic acids is 2. The van der Waals surface area contributed by atoms with Crippen molar-refractivity contribution in [3.05, 3.63) is 95.2 Å². The van der Waals surface area contributed by atoms with E-state index in [2.05, 4.69) is 29.2 Å². The van der Waals surface area contributed by atoms with E-state index in [1.165, 1.54) is 5.56 Å². The number of benzene rings is 3. The Morgan fingerprint density at radius 1 is 0.895 bits per heavy atom. The van der Waals surface area contributed by atoms with Crippen LogP contribution in [0.3, 0.4) is 0 Å². The van der Waals surface area contributed by atoms with Crippen molar-refractivity contribution in [1.29, 1.82) is 0 Å². The van der Waals surface area contributed by atoms with Gasteiger partial charge in [0.15, 0.2) is 11.5 Å². The summed E-state index contributed by atoms with van der Waals surface area (Å²) in [6.45, 7) is 0.395. The number of H-pyrrole nitrogens is 1. The molecule has 2 aliphatic heterocycles. The van der Waals surface area contributed by atoms with Crippen molar-refractivity contribution < 1.29 is 19.1 Å². The molecule has 1 fully saturated rings. The summed E-state index contributed by atoms with van der Waals surface area (Å²) in [5.74, 6) is 1.20. The minimum Gasteiger partial charge on any atom is -0.493 e. The van der Waals surface area contributed by atoms with E-state index < -0.39 is 6.04 Å². The van der Waals surface area contributed by atoms with Gasteiger partial charge in [0.2, 0.25) is 11.8 Å². The fraction of sp³-hybridized carbons (Fsp3) is 0.290. The number of aryl methyl sites for hydroxylation is 1. The topological polar surface area (TPSA) is 74.9 Å². The molecule has 194 valence electrons. The van der Waals surface area contributed by atoms with Crippen molar-refractivity contribution in [2.75, 3.05) is 20.8 Å². The molecule has 2 amide bonds. The van der Waals surface area contributed by atoms with Gasteiger partial charge in [-0.1, -0.05) is 54.6 Å². The van der Waals surface area contributed by atoms with Crippen LogP contribution >= 0.6 is 0 Å². The van der Waals surface area contributed by atoms with Gasteiger partial charge in [-0.2, -0.15) is 0 Å². The Bertz CT molecular complexity index is 1500. The van der Waals surface area contributed by atoms with Crippen LogP contribution in [0.2, 0.25) is 0 Å². The van der Waals surface area contributed by atoms with Gasteiger partial charge in [-0.3, -0.25) is 9.59 Å². The molecule has 7 heteroatoms. The molecule has 7 nitrogen and oxygen atoms in total. The minimum atomic E-state index is -0.524. The van der Waals surface area contributed by atoms with Crippen LogP contribution in [0.5, 0.6) is 11.5 Å². The number of nitrogens with one attached hydrogen (secondary N) is 1. The highest BCUT2D eigenvalue weighted by Gasteiger charge is 2.47. The first kappa shape index (κ1) is 24.1. The fourth-order valence-corrected chi connectivity index (χ4v) is 6.03. The number of aromatic nitrogens is 1. The third-order valence-electron chi connectivity index (χ3n) is 7.83. The van der Waals surface area contributed by atoms with E-state index in [1.807, 2.05) is 53.4 Å². The maximum Gasteiger partial charge on any atom is 0.246 e. The number of nitrogens with zero attached hydrogens (tertiary/aromatic N) is 2. The molecule has 6 rings (SSSR count). The molecule has 1 aromatic heterocycles. The van der Waals surface area contributed by atoms with Crippen molar-refractivity contribution in [3.8, 4) is 11.5 Å². The Balaban J connectivity index is 1.33. The lowest BCUT2D eigenvalue weighted by Gasteiger charge is -2.47. The van der Waals surface area contributed by atoms with Crippen LogP contribution in [0.1, 0.15) is 34.8 Å². The van der Waals surface area contributed by atoms with Crippen LogP contribution in [-0.4, -0.2) is 53.4 Å². The maximum absolute atomic E-state index is 13.9. The molecule has 1 saturated heterocycles. The fourth-order valence-electron chi connectivity index (χ4n) is 6.03. The largest absolute Gasteiger partial charge is 0.493 e. The number of hydrogen-bond donors (Lipinski definition) is 1. The Labute approximate surface area is 222 Å². The van der Waals surface area contributed by atoms with Gasteiger partial charge >= 0.3 is 0 Å². The highest BCUT2D eigenvalue weighted by molar-refractivity contribution is 5.97. The average molecular weight is 510 g/mol. The van der Waals surface area contributed by atoms with Crippen LogP contribution in [-0.2, 0) is 29.0 Å². The Morgan fingerprint density at radius 3 is 2.45 bits per heavy atom. The first-order valence-corrected chi connectivity index (χ1v) is 13.0. The van der Waals surface area contributed by atoms with E-state index in [0.717, 1.165) is 40.6 Å². The van der Waals surface area contributed by atoms with Gasteiger partial charge in [-0.15, -0.1) is 0 Å². The molecule has 38 heavy (non-hydrogen) atoms. The van der Waals surface area contributed by atoms with E-state index in [0.29, 0.717) is 24.5 Å². The van der Waals surface area contributed by atoms with Crippen LogP contribution in [0.4, 0.5) is 0 Å². The summed E-state index contributed by atoms with van der Waals surface area (Å²) in [6.07, 6.45) is 2.07. The summed E-state index contributed by atoms with van der Waals surface area (Å²) < 4.78 is 10.8. The normalized spacial score (nSPS) is 18.9. The number of carbonyl (C=O) groups is 2. The zero-order valence-electron chi connectivity index (χ0n) is 21.6. The highest BCUT2D eigenvalue weighted by atomic mass is 16.5. The Hall–Kier alpha value is -4.26. The first-order valence-electron chi connectivity index (χ1n) is 13.0. The van der Waals surface area contributed by atoms with E-state index in [-0.39, 0.29) is 24.4 Å². The number of ether oxygens (including phenoxy) is 2. The van der Waals surface area contributed by atoms with Crippen molar-refractivity contribution >= 4 is 22.7 Å². The van der Waals surface area contributed by atoms with Gasteiger partial charge < -0.3 is 24.3 Å². The number of aromatic amines is 1. The molecule has 4 aromatic rings. The van der Waals surface area contributed by atoms with Crippen LogP contribution in [0.25, 0.3) is 10.9 Å². The van der Waals surface area contributed by atoms with E-state index >= 15 is 0 Å². The van der Waals surface area contributed by atoms with Crippen molar-refractivity contribution in [2.24, 2.45) is 0 Å². The molecule has 1 unspecified atom stereocenters. The number of amides is 2. The van der Waals surface area contributed by atoms with Crippen molar-refractivity contribution in [3.63, 3.8) is 0 Å². The zero-order valence-corrected chi connectivity index (χ0v) is 21.6. The molecule has 0 spiro atoms. The number of piperazine rings is 1. The molecule has 2 atom stereocenters. The van der Waals surface area contributed by atoms with E-state index in [9.17, 15) is 9.59 Å². The third-order valence-corrected chi connectivity index (χ3v) is 7.83. The zero-order chi connectivity index (χ0) is 26.2. The highest BCUT2D eigenvalue weighted by Crippen LogP contribution is 2.41. The number of methoxy groups -OCH3 is 2. The molecule has 3 heterocycles. The summed E-state index contributed by atoms with van der Waals surface area (Å²) in [5, 5.41) is 1.13. The van der Waals surface area contributed by atoms with Gasteiger partial charge in [0.05, 0.1) is 20.3 Å². The molecule has 0 saturated carbocycles. The second-order valence-corrected chi connectivity index (χ2v) is 10.0. The quantitative estimate of drug-likeness (QED) is 0.393. The van der Waals surface area contributed by atoms with Crippen LogP contribution in [0, 0.1) is 0 Å². The van der Waals surface area contributed by atoms with Crippen LogP contribution in [0.15, 0.2) is 72.8 Å². The third kappa shape index (κ3) is 4.18. The van der Waals surface area contributed by atoms with Gasteiger partial charge in [-0.05, 0) is 47.7 Å². The lowest BCUT2D eigenvalue weighted by molar-refractivity contribution is -0.160. The lowest BCUT2D eigenvalue weighted by atomic mass is 9.86. The van der Waals surface area contributed by atoms with Crippen LogP contribution < -0.4 is 9.47 Å². The Kier molecular flexibility index (Phi) is 6.27. The van der Waals surface area contributed by atoms with Crippen molar-refractivity contribution in [1.82, 2.24) is 14.8 Å². The monoisotopic (exact) mass is 509 g/mol. The smallest absolute Gasteiger partial charge is 0.246 e. The summed E-state index contributed by atoms with van der Waals surface area (Å²) in [5.41, 5.74) is 5.37. The molecule has 0 bridgehead atoms. The van der Waals surface area contributed by atoms with Gasteiger partial charge in [0.1, 0.15) is 12.6 Å². The van der Waals surface area contributed by atoms with E-state index in [4.69, 9.17) is 9.47 Å². The summed E-state index contributed by atoms with van der Waals surface area (Å²) in [6, 6.07) is 23.4. The van der Waals surface area contributed by atoms with Gasteiger partial charge in [0.25, 0.3) is 0 Å². The Morgan fingerprint density at radius 2 is 1.66 bits per heavy atom. The second-order valence-electron chi connectivity index (χ2n) is 10.0. The molecule has 0 radical (unpaired) electrons. The number of para-hydroxylation sites is 1. The standard InChI is InChI=1S/C31H31N3O4/c1-37-27-15-13-21(16-28(27)38-2)18-33-19-29(35)34-25(14-12-20-8-4-3-5-9-20)30-23(17-26(34)31(33)36)22-10-6-7-11-24(22)32-30/h3-11,13,15-16,25-26,32H,12,14,17-19H2,1-2H3/t25?,26-/m0/s1. The molecule has 3 aromatic carbocycles. The number of hydrogen-bond acceptors (Lipinski definition) is 4. The summed E-state index contributed by atoms with van der Waals surface area (Å²) in [4.78, 5) is 34.8. The lowest BCUT2D eigenvalue weighted by Crippen LogP contribution is -2.62. The van der Waals surface area contributed by atoms with Crippen molar-refractivity contribution in [2.45, 2.75) is 37.9 Å². The SMILES string of the molecule is COc1ccc(CN2CC(=O)N3C(CCc4ccccc4)c4[nH]c5ccccc5c4C[C@H]3C2=O)cc1OC. The minimum absolute atomic E-state index is 0.0139. The first-order chi connectivity index (χ1) is 18.6. The van der Waals surface area contributed by atoms with E-state index in [1.54, 1.807) is 19.1 Å². The van der Waals surface area contributed by atoms with Gasteiger partial charge in [-0.25, -0.2) is 0 Å². The molecule has 1 N–H and O–H groups in total. The average Bonchev–Trinajstić information content (AvgIpc) is 3.33. The molecule has 2 aliphatic rings. The number of fused-ring (bicyclic) bond motifs is 4. The molecular weight excluding hydrogens is 478 g/mol. The predicted octanol–water partition coefficient (Wildman–Crippen LogP) is 4.65. The molecule has 0 aliphatic carbocycles. The maximum atomic E-state index is 13.9. The summed E-state index contributed by atoms with van der Waals surface area (Å²) >= 11 is 0. The van der Waals surface area contributed by atoms with Gasteiger partial charge in [0, 0.05) is 29.6 Å². The molecular formula is C31H31N3O4. The second kappa shape index (κ2) is 9.89. The summed E-state index contributed by atoms with van der Waals surface area (Å²) in [7, 11) is 3.18. The predicted molar refractivity (Wildman–Crippen MR) is 145 cm³/mol. The number of rotatable bonds is 7.